The predicted octanol–water partition coefficient (Wildman–Crippen LogP) is 3.30. The first kappa shape index (κ1) is 16.1. The van der Waals surface area contributed by atoms with Gasteiger partial charge in [0.25, 0.3) is 0 Å². The molecule has 3 heteroatoms. The second-order valence-electron chi connectivity index (χ2n) is 6.36. The van der Waals surface area contributed by atoms with E-state index in [1.54, 1.807) is 7.11 Å². The number of benzene rings is 1. The SMILES string of the molecule is C=C(C)CC(N)(CN1CCCCC1)c1cccc(OC)c1. The van der Waals surface area contributed by atoms with Gasteiger partial charge in [-0.25, -0.2) is 0 Å². The van der Waals surface area contributed by atoms with Crippen LogP contribution in [0.25, 0.3) is 0 Å². The van der Waals surface area contributed by atoms with Crippen LogP contribution in [-0.2, 0) is 5.54 Å². The van der Waals surface area contributed by atoms with Crippen LogP contribution in [0.5, 0.6) is 5.75 Å². The molecule has 0 aliphatic carbocycles. The van der Waals surface area contributed by atoms with Gasteiger partial charge in [0.1, 0.15) is 5.75 Å². The van der Waals surface area contributed by atoms with Crippen molar-refractivity contribution >= 4 is 0 Å². The van der Waals surface area contributed by atoms with Crippen LogP contribution in [0.3, 0.4) is 0 Å². The molecule has 1 saturated heterocycles. The van der Waals surface area contributed by atoms with Crippen molar-refractivity contribution in [2.24, 2.45) is 5.73 Å². The number of piperidine rings is 1. The summed E-state index contributed by atoms with van der Waals surface area (Å²) in [6.07, 6.45) is 4.70. The molecule has 0 aromatic heterocycles. The third-order valence-corrected chi connectivity index (χ3v) is 4.22. The summed E-state index contributed by atoms with van der Waals surface area (Å²) in [5.74, 6) is 0.864. The third-order valence-electron chi connectivity index (χ3n) is 4.22. The van der Waals surface area contributed by atoms with Crippen molar-refractivity contribution < 1.29 is 4.74 Å². The fourth-order valence-electron chi connectivity index (χ4n) is 3.24. The number of methoxy groups -OCH3 is 1. The Kier molecular flexibility index (Phi) is 5.43. The zero-order valence-corrected chi connectivity index (χ0v) is 13.4. The Hall–Kier alpha value is -1.32. The highest BCUT2D eigenvalue weighted by Crippen LogP contribution is 2.30. The van der Waals surface area contributed by atoms with Gasteiger partial charge >= 0.3 is 0 Å². The Labute approximate surface area is 128 Å². The average molecular weight is 288 g/mol. The van der Waals surface area contributed by atoms with E-state index in [-0.39, 0.29) is 0 Å². The van der Waals surface area contributed by atoms with E-state index in [1.807, 2.05) is 12.1 Å². The van der Waals surface area contributed by atoms with E-state index < -0.39 is 5.54 Å². The van der Waals surface area contributed by atoms with E-state index in [9.17, 15) is 0 Å². The highest BCUT2D eigenvalue weighted by Gasteiger charge is 2.30. The molecule has 2 N–H and O–H groups in total. The van der Waals surface area contributed by atoms with E-state index in [1.165, 1.54) is 19.3 Å². The van der Waals surface area contributed by atoms with Gasteiger partial charge in [-0.15, -0.1) is 6.58 Å². The summed E-state index contributed by atoms with van der Waals surface area (Å²) in [7, 11) is 1.70. The Bertz CT molecular complexity index is 480. The van der Waals surface area contributed by atoms with Gasteiger partial charge in [0.15, 0.2) is 0 Å². The molecule has 1 aliphatic heterocycles. The molecule has 1 atom stereocenters. The average Bonchev–Trinajstić information content (AvgIpc) is 2.47. The Morgan fingerprint density at radius 3 is 2.67 bits per heavy atom. The molecule has 0 saturated carbocycles. The number of hydrogen-bond donors (Lipinski definition) is 1. The topological polar surface area (TPSA) is 38.5 Å². The minimum Gasteiger partial charge on any atom is -0.497 e. The number of rotatable bonds is 6. The summed E-state index contributed by atoms with van der Waals surface area (Å²) in [4.78, 5) is 2.49. The fraction of sp³-hybridized carbons (Fsp3) is 0.556. The number of hydrogen-bond acceptors (Lipinski definition) is 3. The first-order valence-corrected chi connectivity index (χ1v) is 7.84. The van der Waals surface area contributed by atoms with Gasteiger partial charge < -0.3 is 15.4 Å². The monoisotopic (exact) mass is 288 g/mol. The van der Waals surface area contributed by atoms with Gasteiger partial charge in [0.2, 0.25) is 0 Å². The number of ether oxygens (including phenoxy) is 1. The molecule has 21 heavy (non-hydrogen) atoms. The molecule has 2 rings (SSSR count). The zero-order chi connectivity index (χ0) is 15.3. The summed E-state index contributed by atoms with van der Waals surface area (Å²) < 4.78 is 5.35. The second-order valence-corrected chi connectivity index (χ2v) is 6.36. The molecule has 1 unspecified atom stereocenters. The van der Waals surface area contributed by atoms with Gasteiger partial charge in [0.05, 0.1) is 12.6 Å². The second kappa shape index (κ2) is 7.10. The lowest BCUT2D eigenvalue weighted by molar-refractivity contribution is 0.176. The van der Waals surface area contributed by atoms with Crippen molar-refractivity contribution in [3.05, 3.63) is 42.0 Å². The van der Waals surface area contributed by atoms with Crippen molar-refractivity contribution in [2.45, 2.75) is 38.1 Å². The summed E-state index contributed by atoms with van der Waals surface area (Å²) in [5.41, 5.74) is 8.68. The molecule has 0 amide bonds. The molecular formula is C18H28N2O. The quantitative estimate of drug-likeness (QED) is 0.816. The van der Waals surface area contributed by atoms with Crippen molar-refractivity contribution in [1.29, 1.82) is 0 Å². The van der Waals surface area contributed by atoms with E-state index in [0.29, 0.717) is 0 Å². The van der Waals surface area contributed by atoms with E-state index in [4.69, 9.17) is 10.5 Å². The van der Waals surface area contributed by atoms with E-state index in [2.05, 4.69) is 30.5 Å². The lowest BCUT2D eigenvalue weighted by atomic mass is 9.84. The number of nitrogens with zero attached hydrogens (tertiary/aromatic N) is 1. The van der Waals surface area contributed by atoms with Crippen LogP contribution >= 0.6 is 0 Å². The summed E-state index contributed by atoms with van der Waals surface area (Å²) in [6, 6.07) is 8.15. The minimum absolute atomic E-state index is 0.391. The van der Waals surface area contributed by atoms with Crippen LogP contribution in [0.15, 0.2) is 36.4 Å². The maximum absolute atomic E-state index is 6.82. The molecule has 3 nitrogen and oxygen atoms in total. The van der Waals surface area contributed by atoms with Crippen molar-refractivity contribution in [1.82, 2.24) is 4.90 Å². The third kappa shape index (κ3) is 4.32. The van der Waals surface area contributed by atoms with Crippen LogP contribution in [0.2, 0.25) is 0 Å². The van der Waals surface area contributed by atoms with Gasteiger partial charge in [-0.05, 0) is 57.0 Å². The molecule has 1 heterocycles. The van der Waals surface area contributed by atoms with Crippen LogP contribution in [0.1, 0.15) is 38.2 Å². The maximum Gasteiger partial charge on any atom is 0.119 e. The predicted molar refractivity (Wildman–Crippen MR) is 88.6 cm³/mol. The number of nitrogens with two attached hydrogens (primary N) is 1. The van der Waals surface area contributed by atoms with Crippen LogP contribution in [0, 0.1) is 0 Å². The summed E-state index contributed by atoms with van der Waals surface area (Å²) in [6.45, 7) is 9.31. The highest BCUT2D eigenvalue weighted by molar-refractivity contribution is 5.34. The van der Waals surface area contributed by atoms with Gasteiger partial charge in [0, 0.05) is 6.54 Å². The van der Waals surface area contributed by atoms with Crippen molar-refractivity contribution in [2.75, 3.05) is 26.7 Å². The maximum atomic E-state index is 6.82. The summed E-state index contributed by atoms with van der Waals surface area (Å²) >= 11 is 0. The molecule has 1 fully saturated rings. The Morgan fingerprint density at radius 2 is 2.05 bits per heavy atom. The van der Waals surface area contributed by atoms with E-state index in [0.717, 1.165) is 42.9 Å². The zero-order valence-electron chi connectivity index (χ0n) is 13.4. The molecule has 1 aromatic rings. The van der Waals surface area contributed by atoms with Crippen LogP contribution < -0.4 is 10.5 Å². The fourth-order valence-corrected chi connectivity index (χ4v) is 3.24. The molecule has 1 aliphatic rings. The summed E-state index contributed by atoms with van der Waals surface area (Å²) in [5, 5.41) is 0. The van der Waals surface area contributed by atoms with Gasteiger partial charge in [-0.3, -0.25) is 0 Å². The van der Waals surface area contributed by atoms with Crippen LogP contribution in [0.4, 0.5) is 0 Å². The van der Waals surface area contributed by atoms with Crippen molar-refractivity contribution in [3.8, 4) is 5.75 Å². The lowest BCUT2D eigenvalue weighted by Gasteiger charge is -2.38. The van der Waals surface area contributed by atoms with Gasteiger partial charge in [-0.2, -0.15) is 0 Å². The molecule has 0 spiro atoms. The molecule has 116 valence electrons. The minimum atomic E-state index is -0.391. The highest BCUT2D eigenvalue weighted by atomic mass is 16.5. The largest absolute Gasteiger partial charge is 0.497 e. The standard InChI is InChI=1S/C18H28N2O/c1-15(2)13-18(19,14-20-10-5-4-6-11-20)16-8-7-9-17(12-16)21-3/h7-9,12H,1,4-6,10-11,13-14,19H2,2-3H3. The van der Waals surface area contributed by atoms with E-state index >= 15 is 0 Å². The number of likely N-dealkylation sites (tertiary alicyclic amines) is 1. The normalized spacial score (nSPS) is 19.0. The molecule has 0 bridgehead atoms. The molecule has 0 radical (unpaired) electrons. The first-order chi connectivity index (χ1) is 10.0. The molecular weight excluding hydrogens is 260 g/mol. The van der Waals surface area contributed by atoms with Crippen LogP contribution in [-0.4, -0.2) is 31.6 Å². The van der Waals surface area contributed by atoms with Crippen molar-refractivity contribution in [3.63, 3.8) is 0 Å². The molecule has 1 aromatic carbocycles. The Morgan fingerprint density at radius 1 is 1.33 bits per heavy atom. The van der Waals surface area contributed by atoms with Gasteiger partial charge in [-0.1, -0.05) is 24.1 Å². The first-order valence-electron chi connectivity index (χ1n) is 7.84. The lowest BCUT2D eigenvalue weighted by Crippen LogP contribution is -2.49. The smallest absolute Gasteiger partial charge is 0.119 e. The Balaban J connectivity index is 2.23.